The first kappa shape index (κ1) is 18.3. The largest absolute Gasteiger partial charge is 0.493 e. The molecule has 0 aliphatic rings. The normalized spacial score (nSPS) is 9.30. The summed E-state index contributed by atoms with van der Waals surface area (Å²) in [4.78, 5) is 11.4. The zero-order chi connectivity index (χ0) is 14.1. The lowest BCUT2D eigenvalue weighted by molar-refractivity contribution is -0.123. The quantitative estimate of drug-likeness (QED) is 0.710. The maximum absolute atomic E-state index is 11.4. The molecule has 5 nitrogen and oxygen atoms in total. The van der Waals surface area contributed by atoms with E-state index in [1.165, 1.54) is 0 Å². The second kappa shape index (κ2) is 10.1. The van der Waals surface area contributed by atoms with Crippen molar-refractivity contribution in [2.45, 2.75) is 6.42 Å². The fourth-order valence-corrected chi connectivity index (χ4v) is 1.53. The second-order valence-electron chi connectivity index (χ2n) is 3.91. The molecular formula is C14H21ClN2O3. The molecule has 0 radical (unpaired) electrons. The molecule has 0 aliphatic heterocycles. The van der Waals surface area contributed by atoms with Crippen molar-refractivity contribution in [1.82, 2.24) is 5.32 Å². The molecule has 1 aromatic carbocycles. The van der Waals surface area contributed by atoms with Crippen LogP contribution >= 0.6 is 12.4 Å². The van der Waals surface area contributed by atoms with Gasteiger partial charge in [0.15, 0.2) is 18.1 Å². The van der Waals surface area contributed by atoms with Gasteiger partial charge in [0.1, 0.15) is 0 Å². The summed E-state index contributed by atoms with van der Waals surface area (Å²) in [5, 5.41) is 2.63. The number of carbonyl (C=O) groups excluding carboxylic acids is 1. The third-order valence-corrected chi connectivity index (χ3v) is 2.43. The van der Waals surface area contributed by atoms with E-state index in [9.17, 15) is 4.79 Å². The first-order chi connectivity index (χ1) is 9.21. The lowest BCUT2D eigenvalue weighted by Gasteiger charge is -2.11. The molecule has 0 saturated carbocycles. The van der Waals surface area contributed by atoms with Crippen LogP contribution in [-0.2, 0) is 11.2 Å². The number of allylic oxidation sites excluding steroid dienone is 1. The summed E-state index contributed by atoms with van der Waals surface area (Å²) in [6.45, 7) is 4.48. The zero-order valence-electron chi connectivity index (χ0n) is 11.6. The standard InChI is InChI=1S/C14H20N2O3.ClH/c1-3-4-11-5-6-12(13(9-11)18-2)19-10-14(17)16-8-7-15;/h3,5-6,9H,1,4,7-8,10,15H2,2H3,(H,16,17);1H. The number of methoxy groups -OCH3 is 1. The summed E-state index contributed by atoms with van der Waals surface area (Å²) < 4.78 is 10.7. The average Bonchev–Trinajstić information content (AvgIpc) is 2.43. The molecule has 0 aromatic heterocycles. The number of benzene rings is 1. The van der Waals surface area contributed by atoms with Crippen LogP contribution in [0.1, 0.15) is 5.56 Å². The summed E-state index contributed by atoms with van der Waals surface area (Å²) in [5.41, 5.74) is 6.37. The van der Waals surface area contributed by atoms with Crippen molar-refractivity contribution in [3.8, 4) is 11.5 Å². The number of hydrogen-bond donors (Lipinski definition) is 2. The molecule has 0 bridgehead atoms. The molecule has 112 valence electrons. The van der Waals surface area contributed by atoms with Gasteiger partial charge in [-0.1, -0.05) is 12.1 Å². The van der Waals surface area contributed by atoms with Crippen LogP contribution in [0, 0.1) is 0 Å². The van der Waals surface area contributed by atoms with Gasteiger partial charge in [0.05, 0.1) is 7.11 Å². The Morgan fingerprint density at radius 2 is 2.20 bits per heavy atom. The average molecular weight is 301 g/mol. The van der Waals surface area contributed by atoms with Gasteiger partial charge in [0, 0.05) is 13.1 Å². The molecule has 20 heavy (non-hydrogen) atoms. The topological polar surface area (TPSA) is 73.6 Å². The van der Waals surface area contributed by atoms with E-state index in [1.807, 2.05) is 18.2 Å². The van der Waals surface area contributed by atoms with E-state index in [4.69, 9.17) is 15.2 Å². The van der Waals surface area contributed by atoms with Gasteiger partial charge in [-0.3, -0.25) is 4.79 Å². The highest BCUT2D eigenvalue weighted by atomic mass is 35.5. The number of hydrogen-bond acceptors (Lipinski definition) is 4. The molecule has 0 fully saturated rings. The zero-order valence-corrected chi connectivity index (χ0v) is 12.4. The van der Waals surface area contributed by atoms with E-state index in [0.29, 0.717) is 24.6 Å². The number of nitrogens with two attached hydrogens (primary N) is 1. The first-order valence-corrected chi connectivity index (χ1v) is 6.08. The Bertz CT molecular complexity index is 438. The van der Waals surface area contributed by atoms with Crippen molar-refractivity contribution >= 4 is 18.3 Å². The minimum absolute atomic E-state index is 0. The second-order valence-corrected chi connectivity index (χ2v) is 3.91. The van der Waals surface area contributed by atoms with Crippen LogP contribution in [0.25, 0.3) is 0 Å². The maximum atomic E-state index is 11.4. The van der Waals surface area contributed by atoms with E-state index in [-0.39, 0.29) is 24.9 Å². The van der Waals surface area contributed by atoms with Gasteiger partial charge < -0.3 is 20.5 Å². The number of ether oxygens (including phenoxy) is 2. The molecule has 3 N–H and O–H groups in total. The maximum Gasteiger partial charge on any atom is 0.257 e. The van der Waals surface area contributed by atoms with Crippen molar-refractivity contribution in [2.24, 2.45) is 5.73 Å². The van der Waals surface area contributed by atoms with Gasteiger partial charge in [-0.2, -0.15) is 0 Å². The highest BCUT2D eigenvalue weighted by Crippen LogP contribution is 2.28. The number of amides is 1. The minimum Gasteiger partial charge on any atom is -0.493 e. The Labute approximate surface area is 125 Å². The Balaban J connectivity index is 0.00000361. The van der Waals surface area contributed by atoms with Crippen LogP contribution in [0.3, 0.4) is 0 Å². The van der Waals surface area contributed by atoms with Crippen molar-refractivity contribution < 1.29 is 14.3 Å². The molecule has 1 rings (SSSR count). The van der Waals surface area contributed by atoms with Gasteiger partial charge in [-0.05, 0) is 24.1 Å². The lowest BCUT2D eigenvalue weighted by Crippen LogP contribution is -2.32. The molecular weight excluding hydrogens is 280 g/mol. The van der Waals surface area contributed by atoms with Gasteiger partial charge >= 0.3 is 0 Å². The van der Waals surface area contributed by atoms with E-state index < -0.39 is 0 Å². The number of halogens is 1. The Morgan fingerprint density at radius 1 is 1.45 bits per heavy atom. The highest BCUT2D eigenvalue weighted by molar-refractivity contribution is 5.85. The predicted octanol–water partition coefficient (Wildman–Crippen LogP) is 1.30. The third-order valence-electron chi connectivity index (χ3n) is 2.43. The fraction of sp³-hybridized carbons (Fsp3) is 0.357. The summed E-state index contributed by atoms with van der Waals surface area (Å²) in [6.07, 6.45) is 2.57. The lowest BCUT2D eigenvalue weighted by atomic mass is 10.1. The molecule has 0 saturated heterocycles. The van der Waals surface area contributed by atoms with Gasteiger partial charge in [-0.25, -0.2) is 0 Å². The summed E-state index contributed by atoms with van der Waals surface area (Å²) >= 11 is 0. The summed E-state index contributed by atoms with van der Waals surface area (Å²) in [5.74, 6) is 0.937. The van der Waals surface area contributed by atoms with Crippen LogP contribution in [0.4, 0.5) is 0 Å². The SMILES string of the molecule is C=CCc1ccc(OCC(=O)NCCN)c(OC)c1.Cl. The Hall–Kier alpha value is -1.72. The van der Waals surface area contributed by atoms with E-state index in [0.717, 1.165) is 12.0 Å². The highest BCUT2D eigenvalue weighted by Gasteiger charge is 2.07. The van der Waals surface area contributed by atoms with Crippen molar-refractivity contribution in [3.63, 3.8) is 0 Å². The van der Waals surface area contributed by atoms with Crippen LogP contribution in [0.5, 0.6) is 11.5 Å². The minimum atomic E-state index is -0.206. The molecule has 6 heteroatoms. The number of carbonyl (C=O) groups is 1. The fourth-order valence-electron chi connectivity index (χ4n) is 1.53. The number of nitrogens with one attached hydrogen (secondary N) is 1. The molecule has 0 heterocycles. The smallest absolute Gasteiger partial charge is 0.257 e. The van der Waals surface area contributed by atoms with Crippen LogP contribution in [-0.4, -0.2) is 32.7 Å². The molecule has 1 amide bonds. The number of rotatable bonds is 8. The van der Waals surface area contributed by atoms with Crippen molar-refractivity contribution in [3.05, 3.63) is 36.4 Å². The molecule has 0 atom stereocenters. The van der Waals surface area contributed by atoms with Crippen LogP contribution in [0.2, 0.25) is 0 Å². The first-order valence-electron chi connectivity index (χ1n) is 6.08. The van der Waals surface area contributed by atoms with E-state index in [1.54, 1.807) is 13.2 Å². The summed E-state index contributed by atoms with van der Waals surface area (Å²) in [7, 11) is 1.56. The van der Waals surface area contributed by atoms with Crippen molar-refractivity contribution in [1.29, 1.82) is 0 Å². The monoisotopic (exact) mass is 300 g/mol. The van der Waals surface area contributed by atoms with E-state index >= 15 is 0 Å². The summed E-state index contributed by atoms with van der Waals surface area (Å²) in [6, 6.07) is 5.57. The van der Waals surface area contributed by atoms with Crippen LogP contribution < -0.4 is 20.5 Å². The Morgan fingerprint density at radius 3 is 2.80 bits per heavy atom. The van der Waals surface area contributed by atoms with Crippen molar-refractivity contribution in [2.75, 3.05) is 26.8 Å². The predicted molar refractivity (Wildman–Crippen MR) is 81.7 cm³/mol. The van der Waals surface area contributed by atoms with Crippen LogP contribution in [0.15, 0.2) is 30.9 Å². The Kier molecular flexibility index (Phi) is 9.24. The molecule has 1 aromatic rings. The molecule has 0 unspecified atom stereocenters. The van der Waals surface area contributed by atoms with E-state index in [2.05, 4.69) is 11.9 Å². The molecule has 0 aliphatic carbocycles. The van der Waals surface area contributed by atoms with Gasteiger partial charge in [-0.15, -0.1) is 19.0 Å². The van der Waals surface area contributed by atoms with Gasteiger partial charge in [0.2, 0.25) is 0 Å². The molecule has 0 spiro atoms. The third kappa shape index (κ3) is 5.95. The van der Waals surface area contributed by atoms with Gasteiger partial charge in [0.25, 0.3) is 5.91 Å².